The number of alkyl halides is 3. The third kappa shape index (κ3) is 3.83. The molecule has 3 rings (SSSR count). The van der Waals surface area contributed by atoms with Crippen molar-refractivity contribution in [3.63, 3.8) is 0 Å². The first kappa shape index (κ1) is 17.1. The maximum atomic E-state index is 12.6. The van der Waals surface area contributed by atoms with E-state index < -0.39 is 11.7 Å². The van der Waals surface area contributed by atoms with Crippen LogP contribution >= 0.6 is 11.6 Å². The standard InChI is InChI=1S/C18H10ClF3N2O/c19-15-2-4-17-12(7-15)5-11(10-25-17)6-13(8-23)16-3-1-14(9-24-16)18(20,21)22/h1-7,9H,10H2/b13-6-. The number of allylic oxidation sites excluding steroid dienone is 1. The zero-order valence-electron chi connectivity index (χ0n) is 12.6. The van der Waals surface area contributed by atoms with E-state index in [0.717, 1.165) is 11.6 Å². The summed E-state index contributed by atoms with van der Waals surface area (Å²) in [5, 5.41) is 9.86. The van der Waals surface area contributed by atoms with Crippen molar-refractivity contribution in [2.45, 2.75) is 6.18 Å². The highest BCUT2D eigenvalue weighted by Crippen LogP contribution is 2.31. The van der Waals surface area contributed by atoms with Crippen molar-refractivity contribution in [3.8, 4) is 11.8 Å². The molecular formula is C18H10ClF3N2O. The maximum absolute atomic E-state index is 12.6. The van der Waals surface area contributed by atoms with Gasteiger partial charge in [0.15, 0.2) is 0 Å². The Kier molecular flexibility index (Phi) is 4.51. The number of halogens is 4. The SMILES string of the molecule is N#C/C(=C/C1=Cc2cc(Cl)ccc2OC1)c1ccc(C(F)(F)F)cn1. The molecule has 2 heterocycles. The lowest BCUT2D eigenvalue weighted by Gasteiger charge is -2.16. The molecule has 1 aliphatic rings. The van der Waals surface area contributed by atoms with Crippen molar-refractivity contribution in [2.75, 3.05) is 6.61 Å². The van der Waals surface area contributed by atoms with E-state index >= 15 is 0 Å². The van der Waals surface area contributed by atoms with E-state index in [1.165, 1.54) is 6.07 Å². The second-order valence-corrected chi connectivity index (χ2v) is 5.73. The number of fused-ring (bicyclic) bond motifs is 1. The lowest BCUT2D eigenvalue weighted by atomic mass is 10.0. The summed E-state index contributed by atoms with van der Waals surface area (Å²) >= 11 is 5.95. The number of rotatable bonds is 2. The van der Waals surface area contributed by atoms with Crippen LogP contribution in [0.25, 0.3) is 11.6 Å². The van der Waals surface area contributed by atoms with Crippen molar-refractivity contribution in [3.05, 3.63) is 70.0 Å². The zero-order chi connectivity index (χ0) is 18.0. The highest BCUT2D eigenvalue weighted by atomic mass is 35.5. The molecule has 1 aromatic heterocycles. The fourth-order valence-electron chi connectivity index (χ4n) is 2.32. The number of aromatic nitrogens is 1. The quantitative estimate of drug-likeness (QED) is 0.695. The lowest BCUT2D eigenvalue weighted by molar-refractivity contribution is -0.137. The number of ether oxygens (including phenoxy) is 1. The molecular weight excluding hydrogens is 353 g/mol. The Balaban J connectivity index is 1.92. The van der Waals surface area contributed by atoms with Gasteiger partial charge in [-0.2, -0.15) is 18.4 Å². The minimum absolute atomic E-state index is 0.147. The number of nitrogens with zero attached hydrogens (tertiary/aromatic N) is 2. The Morgan fingerprint density at radius 1 is 1.28 bits per heavy atom. The first-order chi connectivity index (χ1) is 11.9. The molecule has 0 unspecified atom stereocenters. The molecule has 25 heavy (non-hydrogen) atoms. The molecule has 0 saturated carbocycles. The van der Waals surface area contributed by atoms with Gasteiger partial charge in [0, 0.05) is 16.8 Å². The smallest absolute Gasteiger partial charge is 0.417 e. The van der Waals surface area contributed by atoms with E-state index in [9.17, 15) is 18.4 Å². The van der Waals surface area contributed by atoms with Crippen molar-refractivity contribution < 1.29 is 17.9 Å². The van der Waals surface area contributed by atoms with Crippen molar-refractivity contribution in [1.82, 2.24) is 4.98 Å². The van der Waals surface area contributed by atoms with Crippen molar-refractivity contribution >= 4 is 23.3 Å². The summed E-state index contributed by atoms with van der Waals surface area (Å²) in [5.74, 6) is 0.674. The van der Waals surface area contributed by atoms with Crippen LogP contribution in [0.2, 0.25) is 5.02 Å². The molecule has 0 fully saturated rings. The Morgan fingerprint density at radius 2 is 2.08 bits per heavy atom. The number of hydrogen-bond acceptors (Lipinski definition) is 3. The fourth-order valence-corrected chi connectivity index (χ4v) is 2.50. The molecule has 2 aromatic rings. The van der Waals surface area contributed by atoms with E-state index in [2.05, 4.69) is 4.98 Å². The van der Waals surface area contributed by atoms with Gasteiger partial charge < -0.3 is 4.74 Å². The summed E-state index contributed by atoms with van der Waals surface area (Å²) in [4.78, 5) is 3.74. The minimum atomic E-state index is -4.47. The third-order valence-corrected chi connectivity index (χ3v) is 3.76. The minimum Gasteiger partial charge on any atom is -0.488 e. The summed E-state index contributed by atoms with van der Waals surface area (Å²) in [6.45, 7) is 0.237. The zero-order valence-corrected chi connectivity index (χ0v) is 13.4. The van der Waals surface area contributed by atoms with E-state index in [4.69, 9.17) is 16.3 Å². The first-order valence-corrected chi connectivity index (χ1v) is 7.53. The Labute approximate surface area is 146 Å². The molecule has 0 aliphatic carbocycles. The van der Waals surface area contributed by atoms with E-state index in [1.54, 1.807) is 24.3 Å². The Bertz CT molecular complexity index is 909. The predicted molar refractivity (Wildman–Crippen MR) is 87.8 cm³/mol. The monoisotopic (exact) mass is 362 g/mol. The summed E-state index contributed by atoms with van der Waals surface area (Å²) in [6, 6.07) is 9.21. The molecule has 0 amide bonds. The molecule has 0 saturated heterocycles. The van der Waals surface area contributed by atoms with Gasteiger partial charge in [0.2, 0.25) is 0 Å². The number of nitriles is 1. The lowest BCUT2D eigenvalue weighted by Crippen LogP contribution is -2.07. The Hall–Kier alpha value is -2.78. The highest BCUT2D eigenvalue weighted by Gasteiger charge is 2.30. The average Bonchev–Trinajstić information content (AvgIpc) is 2.58. The van der Waals surface area contributed by atoms with Gasteiger partial charge in [-0.05, 0) is 48.1 Å². The third-order valence-electron chi connectivity index (χ3n) is 3.52. The predicted octanol–water partition coefficient (Wildman–Crippen LogP) is 5.14. The maximum Gasteiger partial charge on any atom is 0.417 e. The van der Waals surface area contributed by atoms with E-state index in [1.807, 2.05) is 12.1 Å². The molecule has 0 atom stereocenters. The summed E-state index contributed by atoms with van der Waals surface area (Å²) < 4.78 is 43.4. The van der Waals surface area contributed by atoms with Gasteiger partial charge in [-0.3, -0.25) is 4.98 Å². The van der Waals surface area contributed by atoms with Crippen LogP contribution in [0.3, 0.4) is 0 Å². The largest absolute Gasteiger partial charge is 0.488 e. The molecule has 3 nitrogen and oxygen atoms in total. The van der Waals surface area contributed by atoms with Crippen LogP contribution in [0.5, 0.6) is 5.75 Å². The number of pyridine rings is 1. The fraction of sp³-hybridized carbons (Fsp3) is 0.111. The van der Waals surface area contributed by atoms with Crippen LogP contribution in [0.15, 0.2) is 48.2 Å². The van der Waals surface area contributed by atoms with Crippen LogP contribution in [-0.4, -0.2) is 11.6 Å². The van der Waals surface area contributed by atoms with E-state index in [-0.39, 0.29) is 17.9 Å². The Morgan fingerprint density at radius 3 is 2.72 bits per heavy atom. The normalized spacial score (nSPS) is 14.2. The van der Waals surface area contributed by atoms with Crippen LogP contribution in [0.1, 0.15) is 16.8 Å². The van der Waals surface area contributed by atoms with Gasteiger partial charge >= 0.3 is 6.18 Å². The molecule has 0 spiro atoms. The van der Waals surface area contributed by atoms with Gasteiger partial charge in [0.05, 0.1) is 16.8 Å². The van der Waals surface area contributed by atoms with Crippen LogP contribution in [0, 0.1) is 11.3 Å². The molecule has 0 radical (unpaired) electrons. The van der Waals surface area contributed by atoms with Crippen molar-refractivity contribution in [1.29, 1.82) is 5.26 Å². The molecule has 7 heteroatoms. The second-order valence-electron chi connectivity index (χ2n) is 5.29. The molecule has 0 bridgehead atoms. The summed E-state index contributed by atoms with van der Waals surface area (Å²) in [5.41, 5.74) is 0.898. The van der Waals surface area contributed by atoms with Gasteiger partial charge in [-0.1, -0.05) is 11.6 Å². The van der Waals surface area contributed by atoms with Gasteiger partial charge in [-0.15, -0.1) is 0 Å². The second kappa shape index (κ2) is 6.61. The molecule has 0 N–H and O–H groups in total. The van der Waals surface area contributed by atoms with Crippen molar-refractivity contribution in [2.24, 2.45) is 0 Å². The van der Waals surface area contributed by atoms with Crippen LogP contribution in [-0.2, 0) is 6.18 Å². The summed E-state index contributed by atoms with van der Waals surface area (Å²) in [6.07, 6.45) is -0.405. The van der Waals surface area contributed by atoms with Gasteiger partial charge in [-0.25, -0.2) is 0 Å². The summed E-state index contributed by atoms with van der Waals surface area (Å²) in [7, 11) is 0. The molecule has 126 valence electrons. The highest BCUT2D eigenvalue weighted by molar-refractivity contribution is 6.30. The van der Waals surface area contributed by atoms with Crippen LogP contribution in [0.4, 0.5) is 13.2 Å². The first-order valence-electron chi connectivity index (χ1n) is 7.15. The number of hydrogen-bond donors (Lipinski definition) is 0. The number of benzene rings is 1. The topological polar surface area (TPSA) is 45.9 Å². The van der Waals surface area contributed by atoms with Gasteiger partial charge in [0.1, 0.15) is 18.4 Å². The van der Waals surface area contributed by atoms with Gasteiger partial charge in [0.25, 0.3) is 0 Å². The molecule has 1 aliphatic heterocycles. The van der Waals surface area contributed by atoms with Crippen LogP contribution < -0.4 is 4.74 Å². The van der Waals surface area contributed by atoms with E-state index in [0.29, 0.717) is 22.5 Å². The molecule has 1 aromatic carbocycles. The average molecular weight is 363 g/mol.